The highest BCUT2D eigenvalue weighted by atomic mass is 16.6. The number of ether oxygens (including phenoxy) is 1. The summed E-state index contributed by atoms with van der Waals surface area (Å²) in [6, 6.07) is 7.39. The second kappa shape index (κ2) is 3.96. The molecule has 1 saturated heterocycles. The Morgan fingerprint density at radius 1 is 1.67 bits per heavy atom. The number of nitrogens with zero attached hydrogens (tertiary/aromatic N) is 3. The Balaban J connectivity index is 2.02. The number of nitriles is 1. The van der Waals surface area contributed by atoms with Gasteiger partial charge in [-0.25, -0.2) is 4.79 Å². The van der Waals surface area contributed by atoms with Crippen LogP contribution in [0.25, 0.3) is 0 Å². The van der Waals surface area contributed by atoms with Crippen LogP contribution in [0.3, 0.4) is 0 Å². The third-order valence-corrected chi connectivity index (χ3v) is 2.11. The highest BCUT2D eigenvalue weighted by Crippen LogP contribution is 2.13. The minimum absolute atomic E-state index is 0.311. The van der Waals surface area contributed by atoms with E-state index in [0.717, 1.165) is 5.69 Å². The van der Waals surface area contributed by atoms with Gasteiger partial charge < -0.3 is 4.74 Å². The van der Waals surface area contributed by atoms with Gasteiger partial charge in [-0.1, -0.05) is 6.07 Å². The first-order valence-corrected chi connectivity index (χ1v) is 4.54. The Morgan fingerprint density at radius 2 is 2.53 bits per heavy atom. The van der Waals surface area contributed by atoms with Gasteiger partial charge in [0.2, 0.25) is 6.10 Å². The minimum atomic E-state index is -0.652. The van der Waals surface area contributed by atoms with Crippen LogP contribution in [-0.4, -0.2) is 28.6 Å². The fraction of sp³-hybridized carbons (Fsp3) is 0.300. The van der Waals surface area contributed by atoms with Crippen LogP contribution in [0.15, 0.2) is 24.4 Å². The van der Waals surface area contributed by atoms with Crippen molar-refractivity contribution in [1.29, 1.82) is 5.26 Å². The number of aromatic nitrogens is 1. The third kappa shape index (κ3) is 2.05. The molecule has 0 aliphatic carbocycles. The van der Waals surface area contributed by atoms with Gasteiger partial charge in [0.05, 0.1) is 18.8 Å². The third-order valence-electron chi connectivity index (χ3n) is 2.11. The van der Waals surface area contributed by atoms with Gasteiger partial charge in [-0.2, -0.15) is 5.26 Å². The van der Waals surface area contributed by atoms with Crippen LogP contribution in [0.1, 0.15) is 5.69 Å². The van der Waals surface area contributed by atoms with Crippen molar-refractivity contribution < 1.29 is 9.53 Å². The largest absolute Gasteiger partial charge is 0.429 e. The number of carbonyl (C=O) groups is 1. The zero-order chi connectivity index (χ0) is 10.7. The average molecular weight is 203 g/mol. The fourth-order valence-corrected chi connectivity index (χ4v) is 1.39. The van der Waals surface area contributed by atoms with Crippen molar-refractivity contribution in [2.24, 2.45) is 0 Å². The summed E-state index contributed by atoms with van der Waals surface area (Å²) in [5, 5.41) is 8.60. The van der Waals surface area contributed by atoms with E-state index in [1.165, 1.54) is 4.90 Å². The number of rotatable bonds is 2. The van der Waals surface area contributed by atoms with E-state index in [4.69, 9.17) is 10.00 Å². The van der Waals surface area contributed by atoms with E-state index in [1.54, 1.807) is 6.20 Å². The van der Waals surface area contributed by atoms with Crippen LogP contribution in [0.2, 0.25) is 0 Å². The monoisotopic (exact) mass is 203 g/mol. The maximum absolute atomic E-state index is 11.3. The van der Waals surface area contributed by atoms with Gasteiger partial charge in [0.1, 0.15) is 6.07 Å². The first-order valence-electron chi connectivity index (χ1n) is 4.54. The molecule has 5 heteroatoms. The molecule has 0 aromatic carbocycles. The predicted molar refractivity (Wildman–Crippen MR) is 50.5 cm³/mol. The lowest BCUT2D eigenvalue weighted by atomic mass is 10.3. The molecule has 1 aromatic heterocycles. The Labute approximate surface area is 86.9 Å². The Kier molecular flexibility index (Phi) is 2.50. The molecule has 1 amide bonds. The van der Waals surface area contributed by atoms with Crippen LogP contribution in [-0.2, 0) is 11.3 Å². The first-order chi connectivity index (χ1) is 7.29. The number of pyridine rings is 1. The molecule has 0 bridgehead atoms. The molecule has 1 unspecified atom stereocenters. The predicted octanol–water partition coefficient (Wildman–Crippen LogP) is 0.926. The standard InChI is InChI=1S/C10H9N3O2/c11-5-9-7-13(10(14)15-9)6-8-3-1-2-4-12-8/h1-4,9H,6-7H2. The van der Waals surface area contributed by atoms with Crippen LogP contribution in [0, 0.1) is 11.3 Å². The van der Waals surface area contributed by atoms with E-state index in [2.05, 4.69) is 4.98 Å². The number of hydrogen-bond donors (Lipinski definition) is 0. The van der Waals surface area contributed by atoms with Crippen molar-refractivity contribution in [2.45, 2.75) is 12.6 Å². The second-order valence-corrected chi connectivity index (χ2v) is 3.20. The average Bonchev–Trinajstić information content (AvgIpc) is 2.61. The van der Waals surface area contributed by atoms with E-state index in [1.807, 2.05) is 24.3 Å². The molecular weight excluding hydrogens is 194 g/mol. The normalized spacial score (nSPS) is 19.8. The molecule has 0 N–H and O–H groups in total. The number of amides is 1. The topological polar surface area (TPSA) is 66.2 Å². The maximum Gasteiger partial charge on any atom is 0.411 e. The number of cyclic esters (lactones) is 1. The molecule has 5 nitrogen and oxygen atoms in total. The molecule has 2 heterocycles. The Bertz CT molecular complexity index is 399. The molecule has 1 aromatic rings. The lowest BCUT2D eigenvalue weighted by molar-refractivity contribution is 0.146. The highest BCUT2D eigenvalue weighted by Gasteiger charge is 2.31. The van der Waals surface area contributed by atoms with E-state index in [0.29, 0.717) is 13.1 Å². The van der Waals surface area contributed by atoms with Crippen molar-refractivity contribution in [3.8, 4) is 6.07 Å². The first kappa shape index (κ1) is 9.46. The van der Waals surface area contributed by atoms with E-state index >= 15 is 0 Å². The van der Waals surface area contributed by atoms with Crippen LogP contribution in [0.5, 0.6) is 0 Å². The van der Waals surface area contributed by atoms with Crippen molar-refractivity contribution in [2.75, 3.05) is 6.54 Å². The highest BCUT2D eigenvalue weighted by molar-refractivity contribution is 5.70. The molecule has 1 fully saturated rings. The lowest BCUT2D eigenvalue weighted by Gasteiger charge is -2.10. The van der Waals surface area contributed by atoms with Crippen LogP contribution >= 0.6 is 0 Å². The zero-order valence-electron chi connectivity index (χ0n) is 7.96. The van der Waals surface area contributed by atoms with Gasteiger partial charge in [-0.05, 0) is 12.1 Å². The van der Waals surface area contributed by atoms with Crippen molar-refractivity contribution in [3.05, 3.63) is 30.1 Å². The van der Waals surface area contributed by atoms with Gasteiger partial charge in [0.15, 0.2) is 0 Å². The summed E-state index contributed by atoms with van der Waals surface area (Å²) in [5.41, 5.74) is 0.785. The van der Waals surface area contributed by atoms with Crippen LogP contribution < -0.4 is 0 Å². The van der Waals surface area contributed by atoms with E-state index in [9.17, 15) is 4.79 Å². The van der Waals surface area contributed by atoms with Gasteiger partial charge in [0, 0.05) is 6.20 Å². The zero-order valence-corrected chi connectivity index (χ0v) is 7.96. The summed E-state index contributed by atoms with van der Waals surface area (Å²) in [7, 11) is 0. The van der Waals surface area contributed by atoms with Gasteiger partial charge in [-0.3, -0.25) is 9.88 Å². The number of hydrogen-bond acceptors (Lipinski definition) is 4. The summed E-state index contributed by atoms with van der Waals surface area (Å²) in [4.78, 5) is 16.8. The lowest BCUT2D eigenvalue weighted by Crippen LogP contribution is -2.24. The smallest absolute Gasteiger partial charge is 0.411 e. The molecule has 15 heavy (non-hydrogen) atoms. The minimum Gasteiger partial charge on any atom is -0.429 e. The van der Waals surface area contributed by atoms with Crippen molar-refractivity contribution in [1.82, 2.24) is 9.88 Å². The summed E-state index contributed by atoms with van der Waals surface area (Å²) in [6.45, 7) is 0.698. The quantitative estimate of drug-likeness (QED) is 0.717. The Morgan fingerprint density at radius 3 is 3.13 bits per heavy atom. The molecule has 0 radical (unpaired) electrons. The van der Waals surface area contributed by atoms with Gasteiger partial charge in [-0.15, -0.1) is 0 Å². The van der Waals surface area contributed by atoms with E-state index in [-0.39, 0.29) is 0 Å². The Hall–Kier alpha value is -2.09. The fourth-order valence-electron chi connectivity index (χ4n) is 1.39. The molecule has 0 spiro atoms. The van der Waals surface area contributed by atoms with Crippen molar-refractivity contribution in [3.63, 3.8) is 0 Å². The molecule has 2 rings (SSSR count). The summed E-state index contributed by atoms with van der Waals surface area (Å²) in [6.07, 6.45) is 0.562. The molecule has 1 aliphatic rings. The van der Waals surface area contributed by atoms with Crippen LogP contribution in [0.4, 0.5) is 4.79 Å². The molecule has 1 aliphatic heterocycles. The second-order valence-electron chi connectivity index (χ2n) is 3.20. The van der Waals surface area contributed by atoms with E-state index < -0.39 is 12.2 Å². The summed E-state index contributed by atoms with van der Waals surface area (Å²) < 4.78 is 4.79. The SMILES string of the molecule is N#CC1CN(Cc2ccccn2)C(=O)O1. The van der Waals surface area contributed by atoms with Gasteiger partial charge in [0.25, 0.3) is 0 Å². The molecular formula is C10H9N3O2. The van der Waals surface area contributed by atoms with Crippen molar-refractivity contribution >= 4 is 6.09 Å². The molecule has 0 saturated carbocycles. The maximum atomic E-state index is 11.3. The number of carbonyl (C=O) groups excluding carboxylic acids is 1. The summed E-state index contributed by atoms with van der Waals surface area (Å²) in [5.74, 6) is 0. The van der Waals surface area contributed by atoms with Gasteiger partial charge >= 0.3 is 6.09 Å². The molecule has 76 valence electrons. The molecule has 1 atom stereocenters. The summed E-state index contributed by atoms with van der Waals surface area (Å²) >= 11 is 0.